The Morgan fingerprint density at radius 2 is 0.814 bits per heavy atom. The van der Waals surface area contributed by atoms with Crippen LogP contribution in [0.4, 0.5) is 17.1 Å². The van der Waals surface area contributed by atoms with Crippen LogP contribution < -0.4 is 4.90 Å². The SMILES string of the molecule is c1ccc(C2(c3ccc(N(c4ccc(-c5cccc(-c6ccc7sc8ccccc8c7c6)c5)cc4)c4ccc(-c5cccc6c5oc5ccccc56)cc4)cc3)c3ccccc3-c3ccccc32)cc1. The number of furan rings is 1. The second-order valence-electron chi connectivity index (χ2n) is 18.4. The van der Waals surface area contributed by atoms with Crippen LogP contribution in [-0.4, -0.2) is 0 Å². The van der Waals surface area contributed by atoms with E-state index < -0.39 is 5.41 Å². The van der Waals surface area contributed by atoms with Gasteiger partial charge in [0.15, 0.2) is 0 Å². The van der Waals surface area contributed by atoms with Crippen molar-refractivity contribution in [1.82, 2.24) is 0 Å². The van der Waals surface area contributed by atoms with Gasteiger partial charge in [0.05, 0.1) is 5.41 Å². The summed E-state index contributed by atoms with van der Waals surface area (Å²) in [4.78, 5) is 2.38. The minimum Gasteiger partial charge on any atom is -0.455 e. The van der Waals surface area contributed by atoms with Gasteiger partial charge in [-0.15, -0.1) is 11.3 Å². The Kier molecular flexibility index (Phi) is 9.33. The van der Waals surface area contributed by atoms with Crippen LogP contribution in [0.25, 0.3) is 86.6 Å². The monoisotopic (exact) mass is 909 g/mol. The van der Waals surface area contributed by atoms with Crippen molar-refractivity contribution in [3.05, 3.63) is 283 Å². The minimum absolute atomic E-state index is 0.476. The van der Waals surface area contributed by atoms with Crippen molar-refractivity contribution in [2.75, 3.05) is 4.90 Å². The van der Waals surface area contributed by atoms with E-state index in [4.69, 9.17) is 4.42 Å². The summed E-state index contributed by atoms with van der Waals surface area (Å²) in [6, 6.07) is 95.5. The van der Waals surface area contributed by atoms with Crippen molar-refractivity contribution in [2.24, 2.45) is 0 Å². The maximum atomic E-state index is 6.49. The van der Waals surface area contributed by atoms with Crippen molar-refractivity contribution in [2.45, 2.75) is 5.41 Å². The molecular weight excluding hydrogens is 867 g/mol. The Bertz CT molecular complexity index is 4060. The summed E-state index contributed by atoms with van der Waals surface area (Å²) in [6.45, 7) is 0. The molecule has 0 N–H and O–H groups in total. The topological polar surface area (TPSA) is 16.4 Å². The maximum absolute atomic E-state index is 6.49. The van der Waals surface area contributed by atoms with Crippen molar-refractivity contribution < 1.29 is 4.42 Å². The molecule has 14 rings (SSSR count). The first kappa shape index (κ1) is 40.3. The fourth-order valence-electron chi connectivity index (χ4n) is 11.4. The molecule has 1 aliphatic carbocycles. The van der Waals surface area contributed by atoms with E-state index in [2.05, 4.69) is 254 Å². The molecule has 1 aliphatic rings. The number of hydrogen-bond acceptors (Lipinski definition) is 3. The Hall–Kier alpha value is -8.76. The van der Waals surface area contributed by atoms with Crippen LogP contribution in [-0.2, 0) is 5.41 Å². The zero-order valence-corrected chi connectivity index (χ0v) is 38.9. The van der Waals surface area contributed by atoms with E-state index in [0.29, 0.717) is 0 Å². The number of hydrogen-bond donors (Lipinski definition) is 0. The summed E-state index contributed by atoms with van der Waals surface area (Å²) in [5.74, 6) is 0. The Labute approximate surface area is 410 Å². The zero-order chi connectivity index (χ0) is 46.2. The molecule has 0 amide bonds. The van der Waals surface area contributed by atoms with Gasteiger partial charge in [-0.2, -0.15) is 0 Å². The van der Waals surface area contributed by atoms with Gasteiger partial charge in [0, 0.05) is 53.6 Å². The molecule has 0 atom stereocenters. The molecule has 0 spiro atoms. The smallest absolute Gasteiger partial charge is 0.143 e. The van der Waals surface area contributed by atoms with Crippen LogP contribution in [0, 0.1) is 0 Å². The molecular formula is C67H43NOS. The fraction of sp³-hybridized carbons (Fsp3) is 0.0149. The predicted molar refractivity (Wildman–Crippen MR) is 295 cm³/mol. The van der Waals surface area contributed by atoms with Gasteiger partial charge in [-0.25, -0.2) is 0 Å². The lowest BCUT2D eigenvalue weighted by Crippen LogP contribution is -2.28. The average Bonchev–Trinajstić information content (AvgIpc) is 4.10. The van der Waals surface area contributed by atoms with E-state index in [0.717, 1.165) is 50.1 Å². The molecule has 328 valence electrons. The third-order valence-electron chi connectivity index (χ3n) is 14.6. The minimum atomic E-state index is -0.476. The third-order valence-corrected chi connectivity index (χ3v) is 15.7. The van der Waals surface area contributed by atoms with Gasteiger partial charge >= 0.3 is 0 Å². The number of thiophene rings is 1. The highest BCUT2D eigenvalue weighted by Gasteiger charge is 2.45. The highest BCUT2D eigenvalue weighted by molar-refractivity contribution is 7.25. The normalized spacial score (nSPS) is 12.7. The van der Waals surface area contributed by atoms with E-state index in [1.54, 1.807) is 0 Å². The highest BCUT2D eigenvalue weighted by atomic mass is 32.1. The number of anilines is 3. The molecule has 2 heterocycles. The second kappa shape index (κ2) is 16.2. The van der Waals surface area contributed by atoms with Gasteiger partial charge in [-0.1, -0.05) is 194 Å². The molecule has 0 saturated heterocycles. The lowest BCUT2D eigenvalue weighted by molar-refractivity contribution is 0.670. The van der Waals surface area contributed by atoms with Crippen LogP contribution in [0.2, 0.25) is 0 Å². The number of benzene rings is 11. The van der Waals surface area contributed by atoms with E-state index in [1.165, 1.54) is 75.8 Å². The van der Waals surface area contributed by atoms with Gasteiger partial charge < -0.3 is 9.32 Å². The summed E-state index contributed by atoms with van der Waals surface area (Å²) < 4.78 is 9.13. The first-order valence-corrected chi connectivity index (χ1v) is 24.8. The quantitative estimate of drug-likeness (QED) is 0.151. The van der Waals surface area contributed by atoms with Gasteiger partial charge in [-0.05, 0) is 128 Å². The molecule has 0 unspecified atom stereocenters. The molecule has 11 aromatic carbocycles. The second-order valence-corrected chi connectivity index (χ2v) is 19.4. The molecule has 0 aliphatic heterocycles. The molecule has 3 heteroatoms. The first-order chi connectivity index (χ1) is 34.7. The average molecular weight is 910 g/mol. The third kappa shape index (κ3) is 6.32. The number of nitrogens with zero attached hydrogens (tertiary/aromatic N) is 1. The van der Waals surface area contributed by atoms with Crippen molar-refractivity contribution in [1.29, 1.82) is 0 Å². The molecule has 2 aromatic heterocycles. The molecule has 70 heavy (non-hydrogen) atoms. The van der Waals surface area contributed by atoms with Crippen LogP contribution in [0.3, 0.4) is 0 Å². The van der Waals surface area contributed by atoms with E-state index >= 15 is 0 Å². The zero-order valence-electron chi connectivity index (χ0n) is 38.1. The summed E-state index contributed by atoms with van der Waals surface area (Å²) in [5, 5.41) is 4.89. The summed E-state index contributed by atoms with van der Waals surface area (Å²) >= 11 is 1.86. The molecule has 0 bridgehead atoms. The van der Waals surface area contributed by atoms with Crippen LogP contribution >= 0.6 is 11.3 Å². The number of fused-ring (bicyclic) bond motifs is 9. The lowest BCUT2D eigenvalue weighted by Gasteiger charge is -2.34. The van der Waals surface area contributed by atoms with Crippen LogP contribution in [0.15, 0.2) is 265 Å². The Balaban J connectivity index is 0.871. The Morgan fingerprint density at radius 1 is 0.314 bits per heavy atom. The summed E-state index contributed by atoms with van der Waals surface area (Å²) in [7, 11) is 0. The summed E-state index contributed by atoms with van der Waals surface area (Å²) in [5.41, 5.74) is 19.2. The van der Waals surface area contributed by atoms with Crippen LogP contribution in [0.1, 0.15) is 22.3 Å². The van der Waals surface area contributed by atoms with Crippen LogP contribution in [0.5, 0.6) is 0 Å². The van der Waals surface area contributed by atoms with E-state index in [1.807, 2.05) is 23.5 Å². The van der Waals surface area contributed by atoms with Gasteiger partial charge in [0.25, 0.3) is 0 Å². The lowest BCUT2D eigenvalue weighted by atomic mass is 9.68. The molecule has 2 nitrogen and oxygen atoms in total. The standard InChI is InChI=1S/C67H43NOS/c1-2-16-49(17-3-1)67(61-24-8-4-18-55(61)56-19-5-9-25-62(56)67)50-33-39-53(40-34-50)68(52-37-30-45(31-38-52)54-22-13-23-59-57-20-6-10-26-63(57)69-66(54)59)51-35-28-44(29-36-51)46-14-12-15-47(42-46)48-32-41-65-60(43-48)58-21-7-11-27-64(58)70-65/h1-43H. The van der Waals surface area contributed by atoms with E-state index in [-0.39, 0.29) is 0 Å². The van der Waals surface area contributed by atoms with Crippen molar-refractivity contribution >= 4 is 70.5 Å². The van der Waals surface area contributed by atoms with Gasteiger partial charge in [0.2, 0.25) is 0 Å². The number of para-hydroxylation sites is 2. The molecule has 13 aromatic rings. The molecule has 0 fully saturated rings. The Morgan fingerprint density at radius 3 is 1.54 bits per heavy atom. The van der Waals surface area contributed by atoms with Crippen molar-refractivity contribution in [3.63, 3.8) is 0 Å². The van der Waals surface area contributed by atoms with Crippen molar-refractivity contribution in [3.8, 4) is 44.5 Å². The maximum Gasteiger partial charge on any atom is 0.143 e. The molecule has 0 saturated carbocycles. The van der Waals surface area contributed by atoms with E-state index in [9.17, 15) is 0 Å². The first-order valence-electron chi connectivity index (χ1n) is 24.0. The van der Waals surface area contributed by atoms with Gasteiger partial charge in [0.1, 0.15) is 11.2 Å². The number of rotatable bonds is 8. The largest absolute Gasteiger partial charge is 0.455 e. The molecule has 0 radical (unpaired) electrons. The summed E-state index contributed by atoms with van der Waals surface area (Å²) in [6.07, 6.45) is 0. The predicted octanol–water partition coefficient (Wildman–Crippen LogP) is 18.8. The fourth-order valence-corrected chi connectivity index (χ4v) is 12.5. The highest BCUT2D eigenvalue weighted by Crippen LogP contribution is 2.56. The van der Waals surface area contributed by atoms with Gasteiger partial charge in [-0.3, -0.25) is 0 Å².